The second kappa shape index (κ2) is 5.98. The van der Waals surface area contributed by atoms with Gasteiger partial charge in [0.2, 0.25) is 0 Å². The van der Waals surface area contributed by atoms with Crippen LogP contribution >= 0.6 is 0 Å². The Bertz CT molecular complexity index is 303. The molecule has 0 aliphatic rings. The molecular formula is C10H15N3O2. The Morgan fingerprint density at radius 2 is 2.20 bits per heavy atom. The van der Waals surface area contributed by atoms with E-state index in [2.05, 4.69) is 15.6 Å². The standard InChI is InChI=1S/C10H15N3O2/c1-8(9-2-4-11-5-3-9)13-10(15)12-6-7-14/h2-5,8,14H,6-7H2,1H3,(H2,12,13,15). The van der Waals surface area contributed by atoms with E-state index in [1.54, 1.807) is 12.4 Å². The highest BCUT2D eigenvalue weighted by atomic mass is 16.3. The van der Waals surface area contributed by atoms with Gasteiger partial charge in [0.05, 0.1) is 12.6 Å². The average Bonchev–Trinajstić information content (AvgIpc) is 2.27. The maximum absolute atomic E-state index is 11.2. The number of pyridine rings is 1. The molecule has 0 fully saturated rings. The van der Waals surface area contributed by atoms with Crippen molar-refractivity contribution in [2.45, 2.75) is 13.0 Å². The van der Waals surface area contributed by atoms with Crippen LogP contribution in [0.25, 0.3) is 0 Å². The third-order valence-electron chi connectivity index (χ3n) is 1.95. The van der Waals surface area contributed by atoms with Gasteiger partial charge >= 0.3 is 6.03 Å². The Hall–Kier alpha value is -1.62. The van der Waals surface area contributed by atoms with Crippen molar-refractivity contribution in [3.05, 3.63) is 30.1 Å². The molecule has 1 atom stereocenters. The van der Waals surface area contributed by atoms with Gasteiger partial charge in [0.25, 0.3) is 0 Å². The van der Waals surface area contributed by atoms with Gasteiger partial charge in [0.1, 0.15) is 0 Å². The van der Waals surface area contributed by atoms with Crippen molar-refractivity contribution in [3.8, 4) is 0 Å². The van der Waals surface area contributed by atoms with E-state index in [4.69, 9.17) is 5.11 Å². The summed E-state index contributed by atoms with van der Waals surface area (Å²) < 4.78 is 0. The van der Waals surface area contributed by atoms with Crippen LogP contribution in [-0.4, -0.2) is 29.3 Å². The molecule has 1 aromatic heterocycles. The van der Waals surface area contributed by atoms with Crippen molar-refractivity contribution in [1.29, 1.82) is 0 Å². The lowest BCUT2D eigenvalue weighted by Crippen LogP contribution is -2.38. The van der Waals surface area contributed by atoms with E-state index in [1.165, 1.54) is 0 Å². The zero-order chi connectivity index (χ0) is 11.1. The van der Waals surface area contributed by atoms with Crippen LogP contribution in [0.15, 0.2) is 24.5 Å². The van der Waals surface area contributed by atoms with E-state index >= 15 is 0 Å². The smallest absolute Gasteiger partial charge is 0.315 e. The second-order valence-electron chi connectivity index (χ2n) is 3.13. The number of carbonyl (C=O) groups excluding carboxylic acids is 1. The fourth-order valence-corrected chi connectivity index (χ4v) is 1.15. The summed E-state index contributed by atoms with van der Waals surface area (Å²) >= 11 is 0. The van der Waals surface area contributed by atoms with E-state index in [-0.39, 0.29) is 25.2 Å². The number of nitrogens with zero attached hydrogens (tertiary/aromatic N) is 1. The Morgan fingerprint density at radius 3 is 2.80 bits per heavy atom. The molecule has 15 heavy (non-hydrogen) atoms. The summed E-state index contributed by atoms with van der Waals surface area (Å²) in [4.78, 5) is 15.1. The second-order valence-corrected chi connectivity index (χ2v) is 3.13. The Morgan fingerprint density at radius 1 is 1.53 bits per heavy atom. The first-order chi connectivity index (χ1) is 7.24. The number of amides is 2. The fourth-order valence-electron chi connectivity index (χ4n) is 1.15. The predicted molar refractivity (Wildman–Crippen MR) is 56.3 cm³/mol. The molecular weight excluding hydrogens is 194 g/mol. The minimum atomic E-state index is -0.284. The normalized spacial score (nSPS) is 11.9. The number of aliphatic hydroxyl groups is 1. The number of rotatable bonds is 4. The van der Waals surface area contributed by atoms with E-state index in [9.17, 15) is 4.79 Å². The van der Waals surface area contributed by atoms with Crippen LogP contribution < -0.4 is 10.6 Å². The molecule has 1 unspecified atom stereocenters. The van der Waals surface area contributed by atoms with E-state index < -0.39 is 0 Å². The van der Waals surface area contributed by atoms with Gasteiger partial charge in [-0.05, 0) is 24.6 Å². The third kappa shape index (κ3) is 3.95. The lowest BCUT2D eigenvalue weighted by atomic mass is 10.1. The van der Waals surface area contributed by atoms with Gasteiger partial charge in [-0.2, -0.15) is 0 Å². The van der Waals surface area contributed by atoms with Gasteiger partial charge in [-0.3, -0.25) is 4.98 Å². The topological polar surface area (TPSA) is 74.2 Å². The molecule has 0 saturated heterocycles. The Labute approximate surface area is 88.5 Å². The maximum Gasteiger partial charge on any atom is 0.315 e. The molecule has 2 amide bonds. The van der Waals surface area contributed by atoms with E-state index in [0.29, 0.717) is 0 Å². The number of carbonyl (C=O) groups is 1. The number of aliphatic hydroxyl groups excluding tert-OH is 1. The monoisotopic (exact) mass is 209 g/mol. The first-order valence-electron chi connectivity index (χ1n) is 4.79. The Balaban J connectivity index is 2.42. The Kier molecular flexibility index (Phi) is 4.56. The van der Waals surface area contributed by atoms with Gasteiger partial charge in [-0.1, -0.05) is 0 Å². The highest BCUT2D eigenvalue weighted by Gasteiger charge is 2.07. The minimum Gasteiger partial charge on any atom is -0.395 e. The van der Waals surface area contributed by atoms with Gasteiger partial charge in [0.15, 0.2) is 0 Å². The first-order valence-corrected chi connectivity index (χ1v) is 4.79. The highest BCUT2D eigenvalue weighted by Crippen LogP contribution is 2.09. The summed E-state index contributed by atoms with van der Waals surface area (Å²) in [6.07, 6.45) is 3.36. The number of hydrogen-bond acceptors (Lipinski definition) is 3. The van der Waals surface area contributed by atoms with Gasteiger partial charge in [0, 0.05) is 18.9 Å². The van der Waals surface area contributed by atoms with Crippen molar-refractivity contribution in [2.75, 3.05) is 13.2 Å². The van der Waals surface area contributed by atoms with Crippen molar-refractivity contribution >= 4 is 6.03 Å². The molecule has 5 nitrogen and oxygen atoms in total. The van der Waals surface area contributed by atoms with E-state index in [1.807, 2.05) is 19.1 Å². The predicted octanol–water partition coefficient (Wildman–Crippen LogP) is 0.434. The molecule has 1 heterocycles. The lowest BCUT2D eigenvalue weighted by Gasteiger charge is -2.14. The summed E-state index contributed by atoms with van der Waals surface area (Å²) in [5, 5.41) is 13.8. The van der Waals surface area contributed by atoms with Crippen molar-refractivity contribution in [3.63, 3.8) is 0 Å². The van der Waals surface area contributed by atoms with Crippen LogP contribution in [-0.2, 0) is 0 Å². The molecule has 0 aliphatic carbocycles. The zero-order valence-electron chi connectivity index (χ0n) is 8.60. The molecule has 3 N–H and O–H groups in total. The van der Waals surface area contributed by atoms with Crippen LogP contribution in [0, 0.1) is 0 Å². The van der Waals surface area contributed by atoms with Crippen LogP contribution in [0.3, 0.4) is 0 Å². The number of hydrogen-bond donors (Lipinski definition) is 3. The number of nitrogens with one attached hydrogen (secondary N) is 2. The number of urea groups is 1. The van der Waals surface area contributed by atoms with Crippen LogP contribution in [0.2, 0.25) is 0 Å². The van der Waals surface area contributed by atoms with Crippen LogP contribution in [0.4, 0.5) is 4.79 Å². The molecule has 0 spiro atoms. The molecule has 0 aromatic carbocycles. The summed E-state index contributed by atoms with van der Waals surface area (Å²) in [5.74, 6) is 0. The zero-order valence-corrected chi connectivity index (χ0v) is 8.60. The van der Waals surface area contributed by atoms with Gasteiger partial charge in [-0.25, -0.2) is 4.79 Å². The largest absolute Gasteiger partial charge is 0.395 e. The van der Waals surface area contributed by atoms with Crippen molar-refractivity contribution < 1.29 is 9.90 Å². The fraction of sp³-hybridized carbons (Fsp3) is 0.400. The molecule has 0 radical (unpaired) electrons. The van der Waals surface area contributed by atoms with E-state index in [0.717, 1.165) is 5.56 Å². The third-order valence-corrected chi connectivity index (χ3v) is 1.95. The summed E-state index contributed by atoms with van der Waals surface area (Å²) in [6, 6.07) is 3.33. The summed E-state index contributed by atoms with van der Waals surface area (Å²) in [6.45, 7) is 2.08. The molecule has 1 rings (SSSR count). The lowest BCUT2D eigenvalue weighted by molar-refractivity contribution is 0.231. The molecule has 0 saturated carbocycles. The molecule has 0 bridgehead atoms. The van der Waals surface area contributed by atoms with Gasteiger partial charge < -0.3 is 15.7 Å². The van der Waals surface area contributed by atoms with Gasteiger partial charge in [-0.15, -0.1) is 0 Å². The van der Waals surface area contributed by atoms with Crippen LogP contribution in [0.1, 0.15) is 18.5 Å². The first kappa shape index (κ1) is 11.5. The van der Waals surface area contributed by atoms with Crippen molar-refractivity contribution in [1.82, 2.24) is 15.6 Å². The SMILES string of the molecule is CC(NC(=O)NCCO)c1ccncc1. The van der Waals surface area contributed by atoms with Crippen molar-refractivity contribution in [2.24, 2.45) is 0 Å². The highest BCUT2D eigenvalue weighted by molar-refractivity contribution is 5.74. The summed E-state index contributed by atoms with van der Waals surface area (Å²) in [7, 11) is 0. The number of aromatic nitrogens is 1. The molecule has 82 valence electrons. The molecule has 1 aromatic rings. The average molecular weight is 209 g/mol. The molecule has 0 aliphatic heterocycles. The summed E-state index contributed by atoms with van der Waals surface area (Å²) in [5.41, 5.74) is 0.990. The molecule has 5 heteroatoms. The maximum atomic E-state index is 11.2. The van der Waals surface area contributed by atoms with Crippen LogP contribution in [0.5, 0.6) is 0 Å². The minimum absolute atomic E-state index is 0.0585. The quantitative estimate of drug-likeness (QED) is 0.673.